The van der Waals surface area contributed by atoms with Gasteiger partial charge >= 0.3 is 12.1 Å². The maximum atomic E-state index is 13.7. The van der Waals surface area contributed by atoms with Gasteiger partial charge in [-0.1, -0.05) is 12.1 Å². The minimum Gasteiger partial charge on any atom is -0.479 e. The number of aryl methyl sites for hydroxylation is 2. The van der Waals surface area contributed by atoms with Crippen LogP contribution in [0.4, 0.5) is 13.2 Å². The van der Waals surface area contributed by atoms with Crippen LogP contribution in [0.5, 0.6) is 17.2 Å². The van der Waals surface area contributed by atoms with Gasteiger partial charge in [-0.05, 0) is 50.1 Å². The van der Waals surface area contributed by atoms with Crippen LogP contribution in [0.3, 0.4) is 0 Å². The number of carbonyl (C=O) groups is 1. The fourth-order valence-electron chi connectivity index (χ4n) is 2.85. The van der Waals surface area contributed by atoms with Crippen molar-refractivity contribution >= 4 is 16.9 Å². The monoisotopic (exact) mass is 436 g/mol. The molecule has 0 N–H and O–H groups in total. The first-order chi connectivity index (χ1) is 14.5. The molecule has 0 saturated carbocycles. The van der Waals surface area contributed by atoms with Crippen molar-refractivity contribution in [2.75, 3.05) is 7.11 Å². The summed E-state index contributed by atoms with van der Waals surface area (Å²) in [6, 6.07) is 8.67. The van der Waals surface area contributed by atoms with Crippen LogP contribution in [0, 0.1) is 13.8 Å². The van der Waals surface area contributed by atoms with E-state index in [1.54, 1.807) is 26.0 Å². The Balaban J connectivity index is 2.13. The number of ether oxygens (including phenoxy) is 3. The van der Waals surface area contributed by atoms with Crippen LogP contribution in [-0.2, 0) is 15.7 Å². The number of carbonyl (C=O) groups excluding carboxylic acids is 1. The van der Waals surface area contributed by atoms with Crippen LogP contribution in [0.25, 0.3) is 11.0 Å². The maximum absolute atomic E-state index is 13.7. The number of alkyl halides is 3. The molecule has 0 fully saturated rings. The lowest BCUT2D eigenvalue weighted by molar-refractivity contribution is -0.154. The summed E-state index contributed by atoms with van der Waals surface area (Å²) >= 11 is 0. The van der Waals surface area contributed by atoms with Gasteiger partial charge in [-0.25, -0.2) is 4.79 Å². The lowest BCUT2D eigenvalue weighted by Gasteiger charge is -2.16. The second-order valence-corrected chi connectivity index (χ2v) is 6.90. The molecular weight excluding hydrogens is 417 g/mol. The van der Waals surface area contributed by atoms with Crippen molar-refractivity contribution in [1.29, 1.82) is 0 Å². The summed E-state index contributed by atoms with van der Waals surface area (Å²) in [6.07, 6.45) is -6.00. The standard InChI is InChI=1S/C22H19F3O6/c1-11-5-6-12(2)16(9-11)30-19-18(26)15-8-7-14(29-13(3)21(27)28-4)10-17(15)31-20(19)22(23,24)25/h5-10,13H,1-4H3/t13-/m0/s1. The molecule has 2 aromatic carbocycles. The SMILES string of the molecule is COC(=O)[C@H](C)Oc1ccc2c(=O)c(Oc3cc(C)ccc3C)c(C(F)(F)F)oc2c1. The van der Waals surface area contributed by atoms with Crippen molar-refractivity contribution in [2.45, 2.75) is 33.1 Å². The molecule has 0 amide bonds. The summed E-state index contributed by atoms with van der Waals surface area (Å²) < 4.78 is 61.4. The van der Waals surface area contributed by atoms with Crippen molar-refractivity contribution in [3.8, 4) is 17.2 Å². The molecule has 6 nitrogen and oxygen atoms in total. The molecule has 164 valence electrons. The third kappa shape index (κ3) is 4.65. The van der Waals surface area contributed by atoms with Crippen LogP contribution in [0.2, 0.25) is 0 Å². The molecule has 0 spiro atoms. The molecule has 1 heterocycles. The van der Waals surface area contributed by atoms with Gasteiger partial charge in [0, 0.05) is 6.07 Å². The van der Waals surface area contributed by atoms with Gasteiger partial charge in [0.2, 0.25) is 11.2 Å². The van der Waals surface area contributed by atoms with Gasteiger partial charge in [0.05, 0.1) is 12.5 Å². The first kappa shape index (κ1) is 22.2. The van der Waals surface area contributed by atoms with Crippen molar-refractivity contribution in [1.82, 2.24) is 0 Å². The number of benzene rings is 2. The molecule has 0 saturated heterocycles. The van der Waals surface area contributed by atoms with E-state index in [2.05, 4.69) is 4.74 Å². The number of halogens is 3. The van der Waals surface area contributed by atoms with Gasteiger partial charge in [0.25, 0.3) is 5.76 Å². The Morgan fingerprint density at radius 3 is 2.45 bits per heavy atom. The van der Waals surface area contributed by atoms with E-state index in [9.17, 15) is 22.8 Å². The quantitative estimate of drug-likeness (QED) is 0.515. The molecular formula is C22H19F3O6. The normalized spacial score (nSPS) is 12.5. The Labute approximate surface area is 175 Å². The minimum atomic E-state index is -4.99. The van der Waals surface area contributed by atoms with Crippen molar-refractivity contribution < 1.29 is 36.6 Å². The molecule has 9 heteroatoms. The van der Waals surface area contributed by atoms with Crippen molar-refractivity contribution in [3.05, 3.63) is 63.5 Å². The Morgan fingerprint density at radius 2 is 1.81 bits per heavy atom. The van der Waals surface area contributed by atoms with Crippen LogP contribution in [0.15, 0.2) is 45.6 Å². The number of fused-ring (bicyclic) bond motifs is 1. The summed E-state index contributed by atoms with van der Waals surface area (Å²) in [4.78, 5) is 24.4. The summed E-state index contributed by atoms with van der Waals surface area (Å²) in [6.45, 7) is 4.81. The third-order valence-corrected chi connectivity index (χ3v) is 4.48. The van der Waals surface area contributed by atoms with E-state index in [1.165, 1.54) is 32.2 Å². The molecule has 3 aromatic rings. The van der Waals surface area contributed by atoms with Crippen molar-refractivity contribution in [3.63, 3.8) is 0 Å². The number of hydrogen-bond donors (Lipinski definition) is 0. The Bertz CT molecular complexity index is 1200. The Morgan fingerprint density at radius 1 is 1.10 bits per heavy atom. The molecule has 0 bridgehead atoms. The fourth-order valence-corrected chi connectivity index (χ4v) is 2.85. The van der Waals surface area contributed by atoms with E-state index >= 15 is 0 Å². The van der Waals surface area contributed by atoms with Gasteiger partial charge in [-0.15, -0.1) is 0 Å². The highest BCUT2D eigenvalue weighted by Crippen LogP contribution is 2.39. The van der Waals surface area contributed by atoms with Gasteiger partial charge < -0.3 is 18.6 Å². The largest absolute Gasteiger partial charge is 0.479 e. The summed E-state index contributed by atoms with van der Waals surface area (Å²) in [5.41, 5.74) is -0.0399. The number of esters is 1. The zero-order valence-electron chi connectivity index (χ0n) is 17.1. The smallest absolute Gasteiger partial charge is 0.453 e. The van der Waals surface area contributed by atoms with Crippen LogP contribution in [-0.4, -0.2) is 19.2 Å². The van der Waals surface area contributed by atoms with Crippen molar-refractivity contribution in [2.24, 2.45) is 0 Å². The average Bonchev–Trinajstić information content (AvgIpc) is 2.70. The predicted molar refractivity (Wildman–Crippen MR) is 106 cm³/mol. The number of methoxy groups -OCH3 is 1. The number of rotatable bonds is 5. The first-order valence-electron chi connectivity index (χ1n) is 9.19. The third-order valence-electron chi connectivity index (χ3n) is 4.48. The van der Waals surface area contributed by atoms with E-state index in [1.807, 2.05) is 0 Å². The minimum absolute atomic E-state index is 0.0323. The molecule has 0 aliphatic rings. The average molecular weight is 436 g/mol. The summed E-state index contributed by atoms with van der Waals surface area (Å²) in [5.74, 6) is -3.04. The molecule has 0 aliphatic heterocycles. The highest BCUT2D eigenvalue weighted by atomic mass is 19.4. The molecule has 0 aliphatic carbocycles. The maximum Gasteiger partial charge on any atom is 0.453 e. The molecule has 0 unspecified atom stereocenters. The van der Waals surface area contributed by atoms with Gasteiger partial charge in [-0.2, -0.15) is 13.2 Å². The second kappa shape index (κ2) is 8.33. The molecule has 1 aromatic heterocycles. The van der Waals surface area contributed by atoms with E-state index in [4.69, 9.17) is 13.9 Å². The highest BCUT2D eigenvalue weighted by molar-refractivity contribution is 5.80. The first-order valence-corrected chi connectivity index (χ1v) is 9.19. The lowest BCUT2D eigenvalue weighted by atomic mass is 10.1. The topological polar surface area (TPSA) is 75.0 Å². The predicted octanol–water partition coefficient (Wildman–Crippen LogP) is 5.16. The molecule has 3 rings (SSSR count). The van der Waals surface area contributed by atoms with E-state index < -0.39 is 35.2 Å². The molecule has 1 atom stereocenters. The van der Waals surface area contributed by atoms with Crippen LogP contribution >= 0.6 is 0 Å². The second-order valence-electron chi connectivity index (χ2n) is 6.90. The zero-order valence-corrected chi connectivity index (χ0v) is 17.1. The van der Waals surface area contributed by atoms with Crippen LogP contribution in [0.1, 0.15) is 23.8 Å². The Kier molecular flexibility index (Phi) is 5.97. The molecule has 0 radical (unpaired) electrons. The fraction of sp³-hybridized carbons (Fsp3) is 0.273. The summed E-state index contributed by atoms with van der Waals surface area (Å²) in [7, 11) is 1.18. The highest BCUT2D eigenvalue weighted by Gasteiger charge is 2.40. The zero-order chi connectivity index (χ0) is 22.9. The van der Waals surface area contributed by atoms with Gasteiger partial charge in [0.1, 0.15) is 17.1 Å². The number of hydrogen-bond acceptors (Lipinski definition) is 6. The molecule has 31 heavy (non-hydrogen) atoms. The van der Waals surface area contributed by atoms with Gasteiger partial charge in [0.15, 0.2) is 6.10 Å². The van der Waals surface area contributed by atoms with E-state index in [0.717, 1.165) is 11.6 Å². The lowest BCUT2D eigenvalue weighted by Crippen LogP contribution is -2.24. The van der Waals surface area contributed by atoms with Gasteiger partial charge in [-0.3, -0.25) is 4.79 Å². The van der Waals surface area contributed by atoms with E-state index in [0.29, 0.717) is 5.56 Å². The van der Waals surface area contributed by atoms with Crippen LogP contribution < -0.4 is 14.9 Å². The van der Waals surface area contributed by atoms with E-state index in [-0.39, 0.29) is 22.5 Å². The summed E-state index contributed by atoms with van der Waals surface area (Å²) in [5, 5.41) is -0.133. The Hall–Kier alpha value is -3.49.